The molecule has 1 amide bonds. The zero-order valence-electron chi connectivity index (χ0n) is 14.2. The molecule has 23 heavy (non-hydrogen) atoms. The second-order valence-corrected chi connectivity index (χ2v) is 8.06. The van der Waals surface area contributed by atoms with Crippen LogP contribution in [0.15, 0.2) is 24.3 Å². The van der Waals surface area contributed by atoms with Crippen LogP contribution in [0.2, 0.25) is 0 Å². The minimum atomic E-state index is -3.05. The van der Waals surface area contributed by atoms with E-state index in [-0.39, 0.29) is 24.2 Å². The number of nitrogens with zero attached hydrogens (tertiary/aromatic N) is 1. The molecule has 6 nitrogen and oxygen atoms in total. The highest BCUT2D eigenvalue weighted by molar-refractivity contribution is 7.90. The summed E-state index contributed by atoms with van der Waals surface area (Å²) in [7, 11) is -1.32. The number of carbonyl (C=O) groups excluding carboxylic acids is 1. The van der Waals surface area contributed by atoms with Crippen LogP contribution in [0, 0.1) is 6.92 Å². The highest BCUT2D eigenvalue weighted by atomic mass is 32.2. The van der Waals surface area contributed by atoms with Crippen LogP contribution in [-0.2, 0) is 14.6 Å². The Balaban J connectivity index is 2.26. The van der Waals surface area contributed by atoms with Crippen molar-refractivity contribution >= 4 is 15.7 Å². The molecule has 1 rings (SSSR count). The van der Waals surface area contributed by atoms with Crippen molar-refractivity contribution in [2.75, 3.05) is 38.8 Å². The van der Waals surface area contributed by atoms with E-state index in [9.17, 15) is 13.2 Å². The summed E-state index contributed by atoms with van der Waals surface area (Å²) in [5, 5.41) is 2.76. The second-order valence-electron chi connectivity index (χ2n) is 5.87. The second kappa shape index (κ2) is 8.88. The standard InChI is InChI=1S/C16H26N2O4S/c1-13-6-5-7-15(10-13)22-9-8-17-16(19)11-18(3)14(2)12-23(4,20)21/h5-7,10,14H,8-9,11-12H2,1-4H3,(H,17,19). The van der Waals surface area contributed by atoms with E-state index in [2.05, 4.69) is 5.32 Å². The molecule has 1 aromatic rings. The van der Waals surface area contributed by atoms with E-state index in [1.54, 1.807) is 18.9 Å². The lowest BCUT2D eigenvalue weighted by molar-refractivity contribution is -0.122. The Morgan fingerprint density at radius 3 is 2.70 bits per heavy atom. The molecule has 0 aliphatic rings. The number of rotatable bonds is 9. The average Bonchev–Trinajstić information content (AvgIpc) is 2.42. The fourth-order valence-corrected chi connectivity index (χ4v) is 3.20. The van der Waals surface area contributed by atoms with Crippen molar-refractivity contribution in [2.45, 2.75) is 19.9 Å². The van der Waals surface area contributed by atoms with Gasteiger partial charge in [-0.1, -0.05) is 12.1 Å². The lowest BCUT2D eigenvalue weighted by atomic mass is 10.2. The van der Waals surface area contributed by atoms with Crippen LogP contribution in [0.1, 0.15) is 12.5 Å². The van der Waals surface area contributed by atoms with Crippen molar-refractivity contribution in [3.63, 3.8) is 0 Å². The van der Waals surface area contributed by atoms with Crippen molar-refractivity contribution < 1.29 is 17.9 Å². The van der Waals surface area contributed by atoms with Gasteiger partial charge in [0.05, 0.1) is 18.8 Å². The van der Waals surface area contributed by atoms with Gasteiger partial charge < -0.3 is 10.1 Å². The quantitative estimate of drug-likeness (QED) is 0.674. The van der Waals surface area contributed by atoms with Gasteiger partial charge >= 0.3 is 0 Å². The van der Waals surface area contributed by atoms with Crippen LogP contribution < -0.4 is 10.1 Å². The SMILES string of the molecule is Cc1cccc(OCCNC(=O)CN(C)C(C)CS(C)(=O)=O)c1. The molecule has 0 spiro atoms. The molecule has 0 bridgehead atoms. The van der Waals surface area contributed by atoms with Crippen molar-refractivity contribution in [3.8, 4) is 5.75 Å². The van der Waals surface area contributed by atoms with Gasteiger partial charge in [0, 0.05) is 12.3 Å². The molecule has 7 heteroatoms. The number of amides is 1. The fourth-order valence-electron chi connectivity index (χ4n) is 2.07. The van der Waals surface area contributed by atoms with Crippen LogP contribution in [0.4, 0.5) is 0 Å². The molecule has 1 unspecified atom stereocenters. The van der Waals surface area contributed by atoms with Gasteiger partial charge in [-0.05, 0) is 38.6 Å². The summed E-state index contributed by atoms with van der Waals surface area (Å²) < 4.78 is 28.1. The summed E-state index contributed by atoms with van der Waals surface area (Å²) in [5.41, 5.74) is 1.12. The van der Waals surface area contributed by atoms with E-state index >= 15 is 0 Å². The predicted molar refractivity (Wildman–Crippen MR) is 91.5 cm³/mol. The maximum Gasteiger partial charge on any atom is 0.234 e. The third kappa shape index (κ3) is 8.56. The van der Waals surface area contributed by atoms with Gasteiger partial charge in [-0.15, -0.1) is 0 Å². The van der Waals surface area contributed by atoms with Crippen molar-refractivity contribution in [2.24, 2.45) is 0 Å². The van der Waals surface area contributed by atoms with Gasteiger partial charge in [-0.25, -0.2) is 8.42 Å². The zero-order valence-corrected chi connectivity index (χ0v) is 15.0. The minimum absolute atomic E-state index is 0.0350. The van der Waals surface area contributed by atoms with E-state index in [1.807, 2.05) is 31.2 Å². The number of likely N-dealkylation sites (N-methyl/N-ethyl adjacent to an activating group) is 1. The summed E-state index contributed by atoms with van der Waals surface area (Å²) in [6.45, 7) is 4.72. The third-order valence-corrected chi connectivity index (χ3v) is 4.46. The average molecular weight is 342 g/mol. The molecule has 1 N–H and O–H groups in total. The number of carbonyl (C=O) groups is 1. The van der Waals surface area contributed by atoms with Gasteiger partial charge in [-0.2, -0.15) is 0 Å². The van der Waals surface area contributed by atoms with Crippen LogP contribution in [0.25, 0.3) is 0 Å². The lowest BCUT2D eigenvalue weighted by Gasteiger charge is -2.23. The van der Waals surface area contributed by atoms with Gasteiger partial charge in [0.1, 0.15) is 22.2 Å². The number of aryl methyl sites for hydroxylation is 1. The lowest BCUT2D eigenvalue weighted by Crippen LogP contribution is -2.42. The van der Waals surface area contributed by atoms with Gasteiger partial charge in [0.25, 0.3) is 0 Å². The Morgan fingerprint density at radius 2 is 2.09 bits per heavy atom. The monoisotopic (exact) mass is 342 g/mol. The molecule has 0 saturated carbocycles. The molecule has 0 aliphatic carbocycles. The molecule has 130 valence electrons. The van der Waals surface area contributed by atoms with E-state index in [4.69, 9.17) is 4.74 Å². The summed E-state index contributed by atoms with van der Waals surface area (Å²) in [4.78, 5) is 13.6. The first-order valence-electron chi connectivity index (χ1n) is 7.51. The number of hydrogen-bond acceptors (Lipinski definition) is 5. The molecule has 0 radical (unpaired) electrons. The highest BCUT2D eigenvalue weighted by Gasteiger charge is 2.17. The number of benzene rings is 1. The van der Waals surface area contributed by atoms with Crippen molar-refractivity contribution in [3.05, 3.63) is 29.8 Å². The first kappa shape index (κ1) is 19.4. The Bertz CT molecular complexity index is 616. The maximum absolute atomic E-state index is 11.8. The maximum atomic E-state index is 11.8. The number of sulfone groups is 1. The molecule has 0 aliphatic heterocycles. The van der Waals surface area contributed by atoms with Crippen LogP contribution in [0.5, 0.6) is 5.75 Å². The fraction of sp³-hybridized carbons (Fsp3) is 0.562. The normalized spacial score (nSPS) is 12.9. The first-order chi connectivity index (χ1) is 10.7. The Kier molecular flexibility index (Phi) is 7.51. The van der Waals surface area contributed by atoms with Crippen LogP contribution >= 0.6 is 0 Å². The minimum Gasteiger partial charge on any atom is -0.492 e. The van der Waals surface area contributed by atoms with E-state index < -0.39 is 9.84 Å². The topological polar surface area (TPSA) is 75.7 Å². The molecule has 1 aromatic carbocycles. The summed E-state index contributed by atoms with van der Waals surface area (Å²) >= 11 is 0. The summed E-state index contributed by atoms with van der Waals surface area (Å²) in [5.74, 6) is 0.659. The molecule has 0 aromatic heterocycles. The van der Waals surface area contributed by atoms with Crippen molar-refractivity contribution in [1.82, 2.24) is 10.2 Å². The van der Waals surface area contributed by atoms with Gasteiger partial charge in [-0.3, -0.25) is 9.69 Å². The Labute approximate surface area is 138 Å². The summed E-state index contributed by atoms with van der Waals surface area (Å²) in [6, 6.07) is 7.50. The van der Waals surface area contributed by atoms with Crippen LogP contribution in [0.3, 0.4) is 0 Å². The molecule has 0 saturated heterocycles. The molecule has 0 fully saturated rings. The van der Waals surface area contributed by atoms with E-state index in [1.165, 1.54) is 6.26 Å². The number of ether oxygens (including phenoxy) is 1. The largest absolute Gasteiger partial charge is 0.492 e. The van der Waals surface area contributed by atoms with Gasteiger partial charge in [0.15, 0.2) is 0 Å². The molecule has 1 atom stereocenters. The summed E-state index contributed by atoms with van der Waals surface area (Å²) in [6.07, 6.45) is 1.19. The zero-order chi connectivity index (χ0) is 17.5. The third-order valence-electron chi connectivity index (χ3n) is 3.37. The molecular formula is C16H26N2O4S. The Hall–Kier alpha value is -1.60. The highest BCUT2D eigenvalue weighted by Crippen LogP contribution is 2.11. The van der Waals surface area contributed by atoms with Gasteiger partial charge in [0.2, 0.25) is 5.91 Å². The van der Waals surface area contributed by atoms with E-state index in [0.29, 0.717) is 13.2 Å². The van der Waals surface area contributed by atoms with Crippen molar-refractivity contribution in [1.29, 1.82) is 0 Å². The first-order valence-corrected chi connectivity index (χ1v) is 9.57. The Morgan fingerprint density at radius 1 is 1.39 bits per heavy atom. The number of hydrogen-bond donors (Lipinski definition) is 1. The van der Waals surface area contributed by atoms with Crippen LogP contribution in [-0.4, -0.2) is 64.0 Å². The number of nitrogens with one attached hydrogen (secondary N) is 1. The molecule has 0 heterocycles. The predicted octanol–water partition coefficient (Wildman–Crippen LogP) is 0.855. The molecular weight excluding hydrogens is 316 g/mol. The smallest absolute Gasteiger partial charge is 0.234 e. The van der Waals surface area contributed by atoms with E-state index in [0.717, 1.165) is 11.3 Å².